The lowest BCUT2D eigenvalue weighted by Crippen LogP contribution is -1.99. The largest absolute Gasteiger partial charge is 0.326 e. The van der Waals surface area contributed by atoms with Gasteiger partial charge in [-0.15, -0.1) is 0 Å². The number of nitrogens with zero attached hydrogens (tertiary/aromatic N) is 3. The third-order valence-corrected chi connectivity index (χ3v) is 3.05. The first-order valence-corrected chi connectivity index (χ1v) is 5.88. The summed E-state index contributed by atoms with van der Waals surface area (Å²) in [7, 11) is 0. The van der Waals surface area contributed by atoms with Crippen LogP contribution in [0.3, 0.4) is 0 Å². The second-order valence-corrected chi connectivity index (χ2v) is 4.23. The average Bonchev–Trinajstić information content (AvgIpc) is 2.75. The van der Waals surface area contributed by atoms with Gasteiger partial charge in [-0.1, -0.05) is 12.1 Å². The van der Waals surface area contributed by atoms with Gasteiger partial charge in [-0.3, -0.25) is 9.55 Å². The Balaban J connectivity index is 2.20. The minimum Gasteiger partial charge on any atom is -0.326 e. The fourth-order valence-corrected chi connectivity index (χ4v) is 2.16. The number of hydrogen-bond acceptors (Lipinski definition) is 3. The fourth-order valence-electron chi connectivity index (χ4n) is 2.16. The maximum absolute atomic E-state index is 5.61. The molecule has 4 nitrogen and oxygen atoms in total. The molecule has 3 rings (SSSR count). The van der Waals surface area contributed by atoms with Crippen molar-refractivity contribution in [2.24, 2.45) is 5.73 Å². The Morgan fingerprint density at radius 1 is 1.17 bits per heavy atom. The van der Waals surface area contributed by atoms with E-state index in [-0.39, 0.29) is 0 Å². The van der Waals surface area contributed by atoms with Gasteiger partial charge >= 0.3 is 0 Å². The number of aromatic nitrogens is 3. The summed E-state index contributed by atoms with van der Waals surface area (Å²) in [5.74, 6) is 0.957. The standard InChI is InChI=1S/C14H14N4/c1-10-17-13-9-16-7-6-14(13)18(10)12-4-2-11(8-15)3-5-12/h2-7,9H,8,15H2,1H3. The molecular formula is C14H14N4. The van der Waals surface area contributed by atoms with Crippen LogP contribution in [0, 0.1) is 6.92 Å². The molecule has 0 saturated heterocycles. The van der Waals surface area contributed by atoms with Crippen molar-refractivity contribution < 1.29 is 0 Å². The molecule has 0 atom stereocenters. The van der Waals surface area contributed by atoms with E-state index in [0.29, 0.717) is 6.54 Å². The van der Waals surface area contributed by atoms with Crippen LogP contribution in [0.25, 0.3) is 16.7 Å². The third kappa shape index (κ3) is 1.67. The molecule has 0 aliphatic carbocycles. The van der Waals surface area contributed by atoms with Crippen LogP contribution in [0.2, 0.25) is 0 Å². The molecule has 0 unspecified atom stereocenters. The quantitative estimate of drug-likeness (QED) is 0.744. The van der Waals surface area contributed by atoms with Crippen LogP contribution in [-0.2, 0) is 6.54 Å². The number of imidazole rings is 1. The predicted octanol–water partition coefficient (Wildman–Crippen LogP) is 2.19. The van der Waals surface area contributed by atoms with E-state index in [4.69, 9.17) is 5.73 Å². The first-order valence-electron chi connectivity index (χ1n) is 5.88. The van der Waals surface area contributed by atoms with Crippen molar-refractivity contribution in [1.82, 2.24) is 14.5 Å². The normalized spacial score (nSPS) is 11.0. The van der Waals surface area contributed by atoms with Crippen LogP contribution >= 0.6 is 0 Å². The minimum absolute atomic E-state index is 0.563. The SMILES string of the molecule is Cc1nc2cnccc2n1-c1ccc(CN)cc1. The molecule has 1 aromatic carbocycles. The molecule has 2 N–H and O–H groups in total. The Morgan fingerprint density at radius 2 is 1.94 bits per heavy atom. The summed E-state index contributed by atoms with van der Waals surface area (Å²) in [6.07, 6.45) is 3.57. The number of nitrogens with two attached hydrogens (primary N) is 1. The van der Waals surface area contributed by atoms with Gasteiger partial charge in [0.1, 0.15) is 11.3 Å². The van der Waals surface area contributed by atoms with Crippen LogP contribution in [0.15, 0.2) is 42.7 Å². The highest BCUT2D eigenvalue weighted by Crippen LogP contribution is 2.20. The molecule has 0 radical (unpaired) electrons. The fraction of sp³-hybridized carbons (Fsp3) is 0.143. The van der Waals surface area contributed by atoms with Crippen molar-refractivity contribution in [3.8, 4) is 5.69 Å². The summed E-state index contributed by atoms with van der Waals surface area (Å²) in [6, 6.07) is 10.2. The maximum atomic E-state index is 5.61. The van der Waals surface area contributed by atoms with Crippen molar-refractivity contribution in [3.05, 3.63) is 54.1 Å². The molecule has 0 amide bonds. The van der Waals surface area contributed by atoms with Crippen molar-refractivity contribution in [1.29, 1.82) is 0 Å². The molecule has 0 aliphatic heterocycles. The van der Waals surface area contributed by atoms with Gasteiger partial charge in [0.05, 0.1) is 11.7 Å². The molecule has 2 heterocycles. The molecular weight excluding hydrogens is 224 g/mol. The highest BCUT2D eigenvalue weighted by Gasteiger charge is 2.08. The summed E-state index contributed by atoms with van der Waals surface area (Å²) >= 11 is 0. The molecule has 90 valence electrons. The first kappa shape index (κ1) is 10.9. The average molecular weight is 238 g/mol. The van der Waals surface area contributed by atoms with E-state index >= 15 is 0 Å². The van der Waals surface area contributed by atoms with E-state index in [9.17, 15) is 0 Å². The van der Waals surface area contributed by atoms with Crippen molar-refractivity contribution in [2.75, 3.05) is 0 Å². The van der Waals surface area contributed by atoms with E-state index < -0.39 is 0 Å². The summed E-state index contributed by atoms with van der Waals surface area (Å²) in [5.41, 5.74) is 9.82. The summed E-state index contributed by atoms with van der Waals surface area (Å²) in [5, 5.41) is 0. The Morgan fingerprint density at radius 3 is 2.67 bits per heavy atom. The van der Waals surface area contributed by atoms with E-state index in [2.05, 4.69) is 26.7 Å². The highest BCUT2D eigenvalue weighted by atomic mass is 15.1. The summed E-state index contributed by atoms with van der Waals surface area (Å²) in [4.78, 5) is 8.60. The van der Waals surface area contributed by atoms with Crippen LogP contribution in [-0.4, -0.2) is 14.5 Å². The zero-order valence-electron chi connectivity index (χ0n) is 10.2. The molecule has 3 aromatic rings. The topological polar surface area (TPSA) is 56.7 Å². The minimum atomic E-state index is 0.563. The molecule has 18 heavy (non-hydrogen) atoms. The lowest BCUT2D eigenvalue weighted by Gasteiger charge is -2.07. The van der Waals surface area contributed by atoms with E-state index in [0.717, 1.165) is 28.1 Å². The Bertz CT molecular complexity index is 683. The zero-order chi connectivity index (χ0) is 12.5. The molecule has 0 fully saturated rings. The van der Waals surface area contributed by atoms with Crippen LogP contribution in [0.1, 0.15) is 11.4 Å². The lowest BCUT2D eigenvalue weighted by atomic mass is 10.2. The Labute approximate surface area is 105 Å². The smallest absolute Gasteiger partial charge is 0.111 e. The zero-order valence-corrected chi connectivity index (χ0v) is 10.2. The van der Waals surface area contributed by atoms with Gasteiger partial charge in [0.2, 0.25) is 0 Å². The van der Waals surface area contributed by atoms with Gasteiger partial charge in [-0.2, -0.15) is 0 Å². The van der Waals surface area contributed by atoms with E-state index in [1.807, 2.05) is 25.1 Å². The van der Waals surface area contributed by atoms with E-state index in [1.54, 1.807) is 12.4 Å². The maximum Gasteiger partial charge on any atom is 0.111 e. The number of fused-ring (bicyclic) bond motifs is 1. The van der Waals surface area contributed by atoms with Gasteiger partial charge in [0.25, 0.3) is 0 Å². The number of benzene rings is 1. The first-order chi connectivity index (χ1) is 8.79. The van der Waals surface area contributed by atoms with Gasteiger partial charge in [-0.25, -0.2) is 4.98 Å². The molecule has 2 aromatic heterocycles. The van der Waals surface area contributed by atoms with Crippen LogP contribution in [0.4, 0.5) is 0 Å². The lowest BCUT2D eigenvalue weighted by molar-refractivity contribution is 0.994. The molecule has 0 bridgehead atoms. The molecule has 0 saturated carbocycles. The highest BCUT2D eigenvalue weighted by molar-refractivity contribution is 5.77. The second kappa shape index (κ2) is 4.23. The Kier molecular flexibility index (Phi) is 2.57. The van der Waals surface area contributed by atoms with Crippen molar-refractivity contribution >= 4 is 11.0 Å². The van der Waals surface area contributed by atoms with Gasteiger partial charge < -0.3 is 5.73 Å². The Hall–Kier alpha value is -2.20. The number of rotatable bonds is 2. The second-order valence-electron chi connectivity index (χ2n) is 4.23. The number of aryl methyl sites for hydroxylation is 1. The monoisotopic (exact) mass is 238 g/mol. The molecule has 4 heteroatoms. The van der Waals surface area contributed by atoms with Gasteiger partial charge in [0, 0.05) is 18.4 Å². The van der Waals surface area contributed by atoms with Gasteiger partial charge in [-0.05, 0) is 30.7 Å². The third-order valence-electron chi connectivity index (χ3n) is 3.05. The van der Waals surface area contributed by atoms with Crippen LogP contribution in [0.5, 0.6) is 0 Å². The number of pyridine rings is 1. The van der Waals surface area contributed by atoms with Crippen molar-refractivity contribution in [3.63, 3.8) is 0 Å². The summed E-state index contributed by atoms with van der Waals surface area (Å²) in [6.45, 7) is 2.56. The van der Waals surface area contributed by atoms with Crippen LogP contribution < -0.4 is 5.73 Å². The molecule has 0 spiro atoms. The summed E-state index contributed by atoms with van der Waals surface area (Å²) < 4.78 is 2.12. The van der Waals surface area contributed by atoms with Crippen molar-refractivity contribution in [2.45, 2.75) is 13.5 Å². The predicted molar refractivity (Wildman–Crippen MR) is 71.5 cm³/mol. The van der Waals surface area contributed by atoms with Gasteiger partial charge in [0.15, 0.2) is 0 Å². The van der Waals surface area contributed by atoms with E-state index in [1.165, 1.54) is 0 Å². The molecule has 0 aliphatic rings. The number of hydrogen-bond donors (Lipinski definition) is 1.